The van der Waals surface area contributed by atoms with Crippen molar-refractivity contribution in [2.45, 2.75) is 51.1 Å². The van der Waals surface area contributed by atoms with Crippen molar-refractivity contribution in [3.8, 4) is 0 Å². The van der Waals surface area contributed by atoms with Crippen LogP contribution in [-0.2, 0) is 25.7 Å². The number of aliphatic imine (C=N–C) groups is 1. The standard InChI is InChI=1S/C20H29F3N6S/c1-14(2)13-29-17(27-28-19(29)30-4)6-5-11-25-18(24-3)26-12-15-7-9-16(10-8-15)20(21,22)23/h7-10,14H,5-6,11-13H2,1-4H3,(H2,24,25,26). The smallest absolute Gasteiger partial charge is 0.356 e. The van der Waals surface area contributed by atoms with Crippen molar-refractivity contribution in [3.05, 3.63) is 41.2 Å². The van der Waals surface area contributed by atoms with Gasteiger partial charge in [-0.15, -0.1) is 10.2 Å². The first-order valence-corrected chi connectivity index (χ1v) is 11.0. The molecule has 0 atom stereocenters. The van der Waals surface area contributed by atoms with E-state index >= 15 is 0 Å². The first-order chi connectivity index (χ1) is 14.2. The lowest BCUT2D eigenvalue weighted by Gasteiger charge is -2.14. The number of aryl methyl sites for hydroxylation is 1. The molecule has 1 heterocycles. The molecule has 2 rings (SSSR count). The third-order valence-corrected chi connectivity index (χ3v) is 5.03. The van der Waals surface area contributed by atoms with Crippen molar-refractivity contribution in [2.24, 2.45) is 10.9 Å². The second-order valence-electron chi connectivity index (χ2n) is 7.26. The zero-order chi connectivity index (χ0) is 22.1. The van der Waals surface area contributed by atoms with Crippen LogP contribution in [-0.4, -0.2) is 40.6 Å². The molecule has 0 bridgehead atoms. The Labute approximate surface area is 179 Å². The fraction of sp³-hybridized carbons (Fsp3) is 0.550. The molecule has 30 heavy (non-hydrogen) atoms. The largest absolute Gasteiger partial charge is 0.416 e. The molecule has 0 aliphatic carbocycles. The van der Waals surface area contributed by atoms with Gasteiger partial charge in [-0.05, 0) is 36.3 Å². The van der Waals surface area contributed by atoms with Crippen molar-refractivity contribution in [1.29, 1.82) is 0 Å². The maximum Gasteiger partial charge on any atom is 0.416 e. The van der Waals surface area contributed by atoms with Crippen LogP contribution in [0, 0.1) is 5.92 Å². The number of aromatic nitrogens is 3. The summed E-state index contributed by atoms with van der Waals surface area (Å²) in [6.07, 6.45) is -0.674. The molecule has 0 fully saturated rings. The fourth-order valence-electron chi connectivity index (χ4n) is 2.87. The molecule has 0 saturated carbocycles. The van der Waals surface area contributed by atoms with E-state index in [1.54, 1.807) is 18.8 Å². The highest BCUT2D eigenvalue weighted by molar-refractivity contribution is 7.98. The van der Waals surface area contributed by atoms with Crippen LogP contribution in [0.5, 0.6) is 0 Å². The molecule has 6 nitrogen and oxygen atoms in total. The first kappa shape index (κ1) is 24.0. The first-order valence-electron chi connectivity index (χ1n) is 9.81. The molecule has 2 aromatic rings. The number of guanidine groups is 1. The van der Waals surface area contributed by atoms with Crippen molar-refractivity contribution in [3.63, 3.8) is 0 Å². The predicted molar refractivity (Wildman–Crippen MR) is 115 cm³/mol. The lowest BCUT2D eigenvalue weighted by atomic mass is 10.1. The van der Waals surface area contributed by atoms with E-state index in [2.05, 4.69) is 44.2 Å². The summed E-state index contributed by atoms with van der Waals surface area (Å²) in [5, 5.41) is 15.8. The highest BCUT2D eigenvalue weighted by Crippen LogP contribution is 2.29. The molecule has 0 radical (unpaired) electrons. The summed E-state index contributed by atoms with van der Waals surface area (Å²) in [5.41, 5.74) is 0.0982. The van der Waals surface area contributed by atoms with Crippen LogP contribution in [0.4, 0.5) is 13.2 Å². The van der Waals surface area contributed by atoms with Gasteiger partial charge in [0.2, 0.25) is 0 Å². The van der Waals surface area contributed by atoms with Gasteiger partial charge < -0.3 is 15.2 Å². The Bertz CT molecular complexity index is 815. The maximum atomic E-state index is 12.6. The molecule has 0 aliphatic rings. The molecule has 0 unspecified atom stereocenters. The Morgan fingerprint density at radius 1 is 1.17 bits per heavy atom. The Morgan fingerprint density at radius 2 is 1.87 bits per heavy atom. The molecular formula is C20H29F3N6S. The van der Waals surface area contributed by atoms with Crippen molar-refractivity contribution in [2.75, 3.05) is 19.8 Å². The summed E-state index contributed by atoms with van der Waals surface area (Å²) in [6.45, 7) is 6.30. The molecule has 166 valence electrons. The topological polar surface area (TPSA) is 67.1 Å². The molecule has 0 aliphatic heterocycles. The lowest BCUT2D eigenvalue weighted by Crippen LogP contribution is -2.37. The van der Waals surface area contributed by atoms with E-state index in [1.807, 2.05) is 6.26 Å². The van der Waals surface area contributed by atoms with E-state index in [9.17, 15) is 13.2 Å². The molecule has 10 heteroatoms. The van der Waals surface area contributed by atoms with Crippen molar-refractivity contribution >= 4 is 17.7 Å². The Kier molecular flexibility index (Phi) is 9.01. The number of alkyl halides is 3. The summed E-state index contributed by atoms with van der Waals surface area (Å²) >= 11 is 1.59. The van der Waals surface area contributed by atoms with Crippen LogP contribution in [0.25, 0.3) is 0 Å². The van der Waals surface area contributed by atoms with Crippen LogP contribution < -0.4 is 10.6 Å². The number of rotatable bonds is 9. The van der Waals surface area contributed by atoms with Crippen molar-refractivity contribution < 1.29 is 13.2 Å². The van der Waals surface area contributed by atoms with E-state index in [1.165, 1.54) is 12.1 Å². The summed E-state index contributed by atoms with van der Waals surface area (Å²) in [5.74, 6) is 2.09. The van der Waals surface area contributed by atoms with E-state index in [0.717, 1.165) is 48.1 Å². The quantitative estimate of drug-likeness (QED) is 0.266. The van der Waals surface area contributed by atoms with E-state index in [0.29, 0.717) is 25.0 Å². The number of halogens is 3. The summed E-state index contributed by atoms with van der Waals surface area (Å²) in [7, 11) is 1.66. The molecule has 1 aromatic heterocycles. The second kappa shape index (κ2) is 11.2. The van der Waals surface area contributed by atoms with Gasteiger partial charge in [0.15, 0.2) is 11.1 Å². The summed E-state index contributed by atoms with van der Waals surface area (Å²) < 4.78 is 40.1. The van der Waals surface area contributed by atoms with Gasteiger partial charge >= 0.3 is 6.18 Å². The molecule has 2 N–H and O–H groups in total. The average Bonchev–Trinajstić information content (AvgIpc) is 3.08. The Hall–Kier alpha value is -2.23. The van der Waals surface area contributed by atoms with Gasteiger partial charge in [0.05, 0.1) is 5.56 Å². The normalized spacial score (nSPS) is 12.5. The zero-order valence-corrected chi connectivity index (χ0v) is 18.6. The second-order valence-corrected chi connectivity index (χ2v) is 8.03. The molecule has 0 amide bonds. The summed E-state index contributed by atoms with van der Waals surface area (Å²) in [6, 6.07) is 5.11. The Morgan fingerprint density at radius 3 is 2.43 bits per heavy atom. The minimum absolute atomic E-state index is 0.387. The SMILES string of the molecule is CN=C(NCCCc1nnc(SC)n1CC(C)C)NCc1ccc(C(F)(F)F)cc1. The van der Waals surface area contributed by atoms with E-state index < -0.39 is 11.7 Å². The molecule has 0 saturated heterocycles. The zero-order valence-electron chi connectivity index (χ0n) is 17.8. The predicted octanol–water partition coefficient (Wildman–Crippen LogP) is 3.97. The minimum Gasteiger partial charge on any atom is -0.356 e. The van der Waals surface area contributed by atoms with Gasteiger partial charge in [-0.2, -0.15) is 13.2 Å². The average molecular weight is 443 g/mol. The third-order valence-electron chi connectivity index (χ3n) is 4.36. The number of benzene rings is 1. The number of thioether (sulfide) groups is 1. The maximum absolute atomic E-state index is 12.6. The van der Waals surface area contributed by atoms with Crippen LogP contribution in [0.15, 0.2) is 34.4 Å². The van der Waals surface area contributed by atoms with Crippen LogP contribution in [0.2, 0.25) is 0 Å². The van der Waals surface area contributed by atoms with Gasteiger partial charge in [-0.25, -0.2) is 0 Å². The number of nitrogens with one attached hydrogen (secondary N) is 2. The van der Waals surface area contributed by atoms with Gasteiger partial charge in [0.25, 0.3) is 0 Å². The fourth-order valence-corrected chi connectivity index (χ4v) is 3.40. The highest BCUT2D eigenvalue weighted by Gasteiger charge is 2.29. The lowest BCUT2D eigenvalue weighted by molar-refractivity contribution is -0.137. The van der Waals surface area contributed by atoms with Crippen LogP contribution in [0.3, 0.4) is 0 Å². The van der Waals surface area contributed by atoms with Crippen LogP contribution >= 0.6 is 11.8 Å². The Balaban J connectivity index is 1.79. The van der Waals surface area contributed by atoms with Gasteiger partial charge in [0, 0.05) is 33.1 Å². The molecular weight excluding hydrogens is 413 g/mol. The third kappa shape index (κ3) is 7.23. The highest BCUT2D eigenvalue weighted by atomic mass is 32.2. The molecule has 1 aromatic carbocycles. The summed E-state index contributed by atoms with van der Waals surface area (Å²) in [4.78, 5) is 4.16. The number of nitrogens with zero attached hydrogens (tertiary/aromatic N) is 4. The molecule has 0 spiro atoms. The van der Waals surface area contributed by atoms with Crippen LogP contribution in [0.1, 0.15) is 37.2 Å². The van der Waals surface area contributed by atoms with Gasteiger partial charge in [-0.3, -0.25) is 4.99 Å². The van der Waals surface area contributed by atoms with E-state index in [-0.39, 0.29) is 0 Å². The van der Waals surface area contributed by atoms with Crippen molar-refractivity contribution in [1.82, 2.24) is 25.4 Å². The van der Waals surface area contributed by atoms with Gasteiger partial charge in [-0.1, -0.05) is 37.7 Å². The number of hydrogen-bond donors (Lipinski definition) is 2. The number of hydrogen-bond acceptors (Lipinski definition) is 4. The van der Waals surface area contributed by atoms with E-state index in [4.69, 9.17) is 0 Å². The van der Waals surface area contributed by atoms with Gasteiger partial charge in [0.1, 0.15) is 5.82 Å². The monoisotopic (exact) mass is 442 g/mol. The minimum atomic E-state index is -4.32.